The highest BCUT2D eigenvalue weighted by molar-refractivity contribution is 9.10. The van der Waals surface area contributed by atoms with Crippen LogP contribution in [0.3, 0.4) is 0 Å². The van der Waals surface area contributed by atoms with Crippen LogP contribution in [-0.4, -0.2) is 35.6 Å². The van der Waals surface area contributed by atoms with Gasteiger partial charge in [0.05, 0.1) is 4.47 Å². The third kappa shape index (κ3) is 5.19. The van der Waals surface area contributed by atoms with Crippen molar-refractivity contribution in [3.63, 3.8) is 0 Å². The molecule has 132 valence electrons. The monoisotopic (exact) mass is 400 g/mol. The van der Waals surface area contributed by atoms with E-state index in [9.17, 15) is 14.0 Å². The lowest BCUT2D eigenvalue weighted by Gasteiger charge is -2.32. The molecule has 0 radical (unpaired) electrons. The maximum atomic E-state index is 13.2. The number of rotatable bonds is 2. The SMILES string of the molecule is CC(C)(C)OC(=O)N1CCC(C(=O)Nc2ccc(F)c(Br)c2)CC1. The number of likely N-dealkylation sites (tertiary alicyclic amines) is 1. The lowest BCUT2D eigenvalue weighted by molar-refractivity contribution is -0.121. The molecule has 0 atom stereocenters. The number of nitrogens with zero attached hydrogens (tertiary/aromatic N) is 1. The van der Waals surface area contributed by atoms with Crippen molar-refractivity contribution in [3.05, 3.63) is 28.5 Å². The van der Waals surface area contributed by atoms with Crippen LogP contribution < -0.4 is 5.32 Å². The molecule has 2 amide bonds. The van der Waals surface area contributed by atoms with Gasteiger partial charge >= 0.3 is 6.09 Å². The van der Waals surface area contributed by atoms with E-state index < -0.39 is 5.60 Å². The van der Waals surface area contributed by atoms with Crippen molar-refractivity contribution in [2.75, 3.05) is 18.4 Å². The summed E-state index contributed by atoms with van der Waals surface area (Å²) in [5.41, 5.74) is 0.0178. The molecule has 24 heavy (non-hydrogen) atoms. The van der Waals surface area contributed by atoms with E-state index in [0.29, 0.717) is 36.1 Å². The molecule has 1 fully saturated rings. The minimum atomic E-state index is -0.527. The summed E-state index contributed by atoms with van der Waals surface area (Å²) in [7, 11) is 0. The Morgan fingerprint density at radius 1 is 1.29 bits per heavy atom. The van der Waals surface area contributed by atoms with Crippen molar-refractivity contribution < 1.29 is 18.7 Å². The second-order valence-electron chi connectivity index (χ2n) is 6.86. The minimum Gasteiger partial charge on any atom is -0.444 e. The Bertz CT molecular complexity index is 623. The van der Waals surface area contributed by atoms with E-state index in [4.69, 9.17) is 4.74 Å². The molecule has 1 aliphatic heterocycles. The molecule has 1 saturated heterocycles. The van der Waals surface area contributed by atoms with Gasteiger partial charge in [0.1, 0.15) is 11.4 Å². The number of hydrogen-bond acceptors (Lipinski definition) is 3. The van der Waals surface area contributed by atoms with Crippen LogP contribution in [0.1, 0.15) is 33.6 Å². The predicted molar refractivity (Wildman–Crippen MR) is 93.3 cm³/mol. The van der Waals surface area contributed by atoms with Gasteiger partial charge in [-0.3, -0.25) is 4.79 Å². The lowest BCUT2D eigenvalue weighted by atomic mass is 9.96. The topological polar surface area (TPSA) is 58.6 Å². The Balaban J connectivity index is 1.86. The second kappa shape index (κ2) is 7.51. The Hall–Kier alpha value is -1.63. The summed E-state index contributed by atoms with van der Waals surface area (Å²) in [5, 5.41) is 2.79. The molecular weight excluding hydrogens is 379 g/mol. The highest BCUT2D eigenvalue weighted by atomic mass is 79.9. The molecule has 0 aliphatic carbocycles. The van der Waals surface area contributed by atoms with Gasteiger partial charge in [0.25, 0.3) is 0 Å². The van der Waals surface area contributed by atoms with Gasteiger partial charge in [-0.25, -0.2) is 9.18 Å². The summed E-state index contributed by atoms with van der Waals surface area (Å²) >= 11 is 3.10. The van der Waals surface area contributed by atoms with Gasteiger partial charge in [-0.05, 0) is 67.7 Å². The highest BCUT2D eigenvalue weighted by Crippen LogP contribution is 2.23. The number of carbonyl (C=O) groups excluding carboxylic acids is 2. The van der Waals surface area contributed by atoms with E-state index >= 15 is 0 Å². The second-order valence-corrected chi connectivity index (χ2v) is 7.71. The van der Waals surface area contributed by atoms with Gasteiger partial charge in [-0.1, -0.05) is 0 Å². The third-order valence-electron chi connectivity index (χ3n) is 3.70. The predicted octanol–water partition coefficient (Wildman–Crippen LogP) is 4.17. The number of hydrogen-bond donors (Lipinski definition) is 1. The first-order valence-corrected chi connectivity index (χ1v) is 8.69. The molecular formula is C17H22BrFN2O3. The van der Waals surface area contributed by atoms with E-state index in [1.807, 2.05) is 20.8 Å². The number of anilines is 1. The Kier molecular flexibility index (Phi) is 5.85. The van der Waals surface area contributed by atoms with Crippen LogP contribution in [0.15, 0.2) is 22.7 Å². The summed E-state index contributed by atoms with van der Waals surface area (Å²) in [6.07, 6.45) is 0.810. The lowest BCUT2D eigenvalue weighted by Crippen LogP contribution is -2.43. The smallest absolute Gasteiger partial charge is 0.410 e. The number of carbonyl (C=O) groups is 2. The molecule has 1 aromatic carbocycles. The van der Waals surface area contributed by atoms with Crippen molar-refractivity contribution >= 4 is 33.6 Å². The van der Waals surface area contributed by atoms with E-state index in [1.165, 1.54) is 18.2 Å². The van der Waals surface area contributed by atoms with Gasteiger partial charge in [0, 0.05) is 24.7 Å². The molecule has 2 rings (SSSR count). The molecule has 5 nitrogen and oxygen atoms in total. The Morgan fingerprint density at radius 2 is 1.92 bits per heavy atom. The molecule has 7 heteroatoms. The zero-order chi connectivity index (χ0) is 17.9. The van der Waals surface area contributed by atoms with Crippen LogP contribution >= 0.6 is 15.9 Å². The van der Waals surface area contributed by atoms with Gasteiger partial charge in [-0.15, -0.1) is 0 Å². The average Bonchev–Trinajstić information content (AvgIpc) is 2.49. The van der Waals surface area contributed by atoms with Crippen molar-refractivity contribution in [2.24, 2.45) is 5.92 Å². The van der Waals surface area contributed by atoms with Gasteiger partial charge in [0.15, 0.2) is 0 Å². The summed E-state index contributed by atoms with van der Waals surface area (Å²) in [6, 6.07) is 4.35. The van der Waals surface area contributed by atoms with Crippen molar-refractivity contribution in [2.45, 2.75) is 39.2 Å². The van der Waals surface area contributed by atoms with Crippen molar-refractivity contribution in [1.29, 1.82) is 0 Å². The van der Waals surface area contributed by atoms with Crippen molar-refractivity contribution in [1.82, 2.24) is 4.90 Å². The highest BCUT2D eigenvalue weighted by Gasteiger charge is 2.29. The molecule has 1 heterocycles. The van der Waals surface area contributed by atoms with Gasteiger partial charge in [-0.2, -0.15) is 0 Å². The molecule has 0 unspecified atom stereocenters. The average molecular weight is 401 g/mol. The molecule has 0 bridgehead atoms. The molecule has 1 aliphatic rings. The van der Waals surface area contributed by atoms with Crippen LogP contribution in [0, 0.1) is 11.7 Å². The standard InChI is InChI=1S/C17H22BrFN2O3/c1-17(2,3)24-16(23)21-8-6-11(7-9-21)15(22)20-12-4-5-14(19)13(18)10-12/h4-5,10-11H,6-9H2,1-3H3,(H,20,22). The van der Waals surface area contributed by atoms with Crippen LogP contribution in [-0.2, 0) is 9.53 Å². The number of amides is 2. The molecule has 1 aromatic rings. The zero-order valence-corrected chi connectivity index (χ0v) is 15.7. The Labute approximate surface area is 149 Å². The quantitative estimate of drug-likeness (QED) is 0.809. The van der Waals surface area contributed by atoms with E-state index in [1.54, 1.807) is 4.90 Å². The van der Waals surface area contributed by atoms with Crippen LogP contribution in [0.25, 0.3) is 0 Å². The minimum absolute atomic E-state index is 0.114. The summed E-state index contributed by atoms with van der Waals surface area (Å²) < 4.78 is 18.9. The third-order valence-corrected chi connectivity index (χ3v) is 4.31. The number of piperidine rings is 1. The number of benzene rings is 1. The molecule has 0 saturated carbocycles. The number of halogens is 2. The number of ether oxygens (including phenoxy) is 1. The summed E-state index contributed by atoms with van der Waals surface area (Å²) in [6.45, 7) is 6.45. The van der Waals surface area contributed by atoms with E-state index in [2.05, 4.69) is 21.2 Å². The molecule has 1 N–H and O–H groups in total. The van der Waals surface area contributed by atoms with Crippen molar-refractivity contribution in [3.8, 4) is 0 Å². The van der Waals surface area contributed by atoms with Gasteiger partial charge in [0.2, 0.25) is 5.91 Å². The van der Waals surface area contributed by atoms with E-state index in [0.717, 1.165) is 0 Å². The normalized spacial score (nSPS) is 16.0. The van der Waals surface area contributed by atoms with E-state index in [-0.39, 0.29) is 23.7 Å². The summed E-state index contributed by atoms with van der Waals surface area (Å²) in [5.74, 6) is -0.663. The van der Waals surface area contributed by atoms with Gasteiger partial charge < -0.3 is 15.0 Å². The zero-order valence-electron chi connectivity index (χ0n) is 14.1. The summed E-state index contributed by atoms with van der Waals surface area (Å²) in [4.78, 5) is 26.0. The number of nitrogens with one attached hydrogen (secondary N) is 1. The van der Waals surface area contributed by atoms with Crippen LogP contribution in [0.5, 0.6) is 0 Å². The fourth-order valence-corrected chi connectivity index (χ4v) is 2.85. The first-order valence-electron chi connectivity index (χ1n) is 7.89. The molecule has 0 spiro atoms. The first kappa shape index (κ1) is 18.7. The maximum absolute atomic E-state index is 13.2. The molecule has 0 aromatic heterocycles. The fraction of sp³-hybridized carbons (Fsp3) is 0.529. The Morgan fingerprint density at radius 3 is 2.46 bits per heavy atom. The van der Waals surface area contributed by atoms with Crippen LogP contribution in [0.4, 0.5) is 14.9 Å². The largest absolute Gasteiger partial charge is 0.444 e. The first-order chi connectivity index (χ1) is 11.2. The fourth-order valence-electron chi connectivity index (χ4n) is 2.47. The maximum Gasteiger partial charge on any atom is 0.410 e. The van der Waals surface area contributed by atoms with Crippen LogP contribution in [0.2, 0.25) is 0 Å².